The van der Waals surface area contributed by atoms with Crippen LogP contribution in [-0.4, -0.2) is 19.1 Å². The van der Waals surface area contributed by atoms with Crippen LogP contribution in [0.2, 0.25) is 0 Å². The zero-order chi connectivity index (χ0) is 9.10. The second-order valence-electron chi connectivity index (χ2n) is 2.59. The predicted octanol–water partition coefficient (Wildman–Crippen LogP) is 2.16. The lowest BCUT2D eigenvalue weighted by atomic mass is 10.2. The molecule has 1 aliphatic heterocycles. The molecule has 2 rings (SSSR count). The van der Waals surface area contributed by atoms with Crippen LogP contribution in [0.25, 0.3) is 0 Å². The molecule has 0 spiro atoms. The fourth-order valence-corrected chi connectivity index (χ4v) is 1.30. The lowest BCUT2D eigenvalue weighted by molar-refractivity contribution is 0.0655. The molecule has 1 heterocycles. The monoisotopic (exact) mass is 241 g/mol. The Balaban J connectivity index is 2.24. The Morgan fingerprint density at radius 2 is 1.92 bits per heavy atom. The molecule has 0 unspecified atom stereocenters. The highest BCUT2D eigenvalue weighted by molar-refractivity contribution is 9.10. The number of oxime groups is 1. The first-order chi connectivity index (χ1) is 6.36. The molecule has 0 fully saturated rings. The molecule has 0 bridgehead atoms. The molecule has 0 amide bonds. The van der Waals surface area contributed by atoms with Gasteiger partial charge in [-0.1, -0.05) is 15.9 Å². The largest absolute Gasteiger partial charge is 0.471 e. The van der Waals surface area contributed by atoms with E-state index >= 15 is 0 Å². The maximum Gasteiger partial charge on any atom is 0.257 e. The summed E-state index contributed by atoms with van der Waals surface area (Å²) in [6.07, 6.45) is 0. The van der Waals surface area contributed by atoms with E-state index in [1.807, 2.05) is 24.3 Å². The lowest BCUT2D eigenvalue weighted by Crippen LogP contribution is -2.16. The normalized spacial score (nSPS) is 15.6. The smallest absolute Gasteiger partial charge is 0.257 e. The fourth-order valence-electron chi connectivity index (χ4n) is 1.03. The average Bonchev–Trinajstić information content (AvgIpc) is 2.20. The van der Waals surface area contributed by atoms with Gasteiger partial charge in [-0.3, -0.25) is 0 Å². The first-order valence-corrected chi connectivity index (χ1v) is 4.74. The Kier molecular flexibility index (Phi) is 2.49. The maximum absolute atomic E-state index is 5.31. The predicted molar refractivity (Wildman–Crippen MR) is 52.6 cm³/mol. The van der Waals surface area contributed by atoms with Crippen LogP contribution in [0.15, 0.2) is 33.9 Å². The van der Waals surface area contributed by atoms with Crippen LogP contribution in [0.5, 0.6) is 0 Å². The summed E-state index contributed by atoms with van der Waals surface area (Å²) in [5, 5.41) is 3.81. The van der Waals surface area contributed by atoms with Gasteiger partial charge in [0.25, 0.3) is 5.90 Å². The number of hydrogen-bond donors (Lipinski definition) is 0. The minimum Gasteiger partial charge on any atom is -0.471 e. The Labute approximate surface area is 84.5 Å². The van der Waals surface area contributed by atoms with Gasteiger partial charge in [-0.2, -0.15) is 0 Å². The second-order valence-corrected chi connectivity index (χ2v) is 3.50. The van der Waals surface area contributed by atoms with E-state index in [1.165, 1.54) is 0 Å². The molecule has 0 atom stereocenters. The van der Waals surface area contributed by atoms with Crippen molar-refractivity contribution in [2.75, 3.05) is 13.2 Å². The van der Waals surface area contributed by atoms with Gasteiger partial charge in [0.15, 0.2) is 6.61 Å². The molecule has 68 valence electrons. The third-order valence-electron chi connectivity index (χ3n) is 1.65. The molecule has 1 aromatic carbocycles. The van der Waals surface area contributed by atoms with E-state index in [2.05, 4.69) is 21.1 Å². The van der Waals surface area contributed by atoms with Crippen molar-refractivity contribution < 1.29 is 9.57 Å². The first kappa shape index (κ1) is 8.56. The van der Waals surface area contributed by atoms with Crippen LogP contribution >= 0.6 is 15.9 Å². The molecule has 0 saturated heterocycles. The molecule has 0 N–H and O–H groups in total. The summed E-state index contributed by atoms with van der Waals surface area (Å²) >= 11 is 3.36. The van der Waals surface area contributed by atoms with Crippen molar-refractivity contribution in [2.45, 2.75) is 0 Å². The molecule has 3 nitrogen and oxygen atoms in total. The Morgan fingerprint density at radius 3 is 2.54 bits per heavy atom. The maximum atomic E-state index is 5.31. The van der Waals surface area contributed by atoms with Crippen LogP contribution in [0.1, 0.15) is 5.56 Å². The molecular formula is C9H8BrNO2. The van der Waals surface area contributed by atoms with E-state index in [9.17, 15) is 0 Å². The summed E-state index contributed by atoms with van der Waals surface area (Å²) in [6.45, 7) is 1.09. The van der Waals surface area contributed by atoms with E-state index in [-0.39, 0.29) is 0 Å². The third kappa shape index (κ3) is 2.01. The second kappa shape index (κ2) is 3.79. The molecule has 0 aliphatic carbocycles. The van der Waals surface area contributed by atoms with E-state index in [0.29, 0.717) is 19.1 Å². The van der Waals surface area contributed by atoms with Crippen molar-refractivity contribution in [3.63, 3.8) is 0 Å². The number of halogens is 1. The molecule has 0 radical (unpaired) electrons. The molecule has 1 aliphatic rings. The van der Waals surface area contributed by atoms with Gasteiger partial charge >= 0.3 is 0 Å². The van der Waals surface area contributed by atoms with Crippen molar-refractivity contribution in [3.05, 3.63) is 34.3 Å². The Morgan fingerprint density at radius 1 is 1.15 bits per heavy atom. The van der Waals surface area contributed by atoms with Crippen molar-refractivity contribution >= 4 is 21.8 Å². The van der Waals surface area contributed by atoms with Crippen LogP contribution in [0.4, 0.5) is 0 Å². The molecule has 13 heavy (non-hydrogen) atoms. The highest BCUT2D eigenvalue weighted by atomic mass is 79.9. The van der Waals surface area contributed by atoms with Crippen molar-refractivity contribution in [2.24, 2.45) is 5.16 Å². The minimum atomic E-state index is 0.528. The number of hydrogen-bond acceptors (Lipinski definition) is 3. The Bertz CT molecular complexity index is 321. The van der Waals surface area contributed by atoms with Gasteiger partial charge in [0, 0.05) is 10.0 Å². The van der Waals surface area contributed by atoms with Crippen LogP contribution in [-0.2, 0) is 9.57 Å². The fraction of sp³-hybridized carbons (Fsp3) is 0.222. The van der Waals surface area contributed by atoms with Gasteiger partial charge in [-0.15, -0.1) is 0 Å². The summed E-state index contributed by atoms with van der Waals surface area (Å²) < 4.78 is 6.35. The van der Waals surface area contributed by atoms with Crippen LogP contribution < -0.4 is 0 Å². The van der Waals surface area contributed by atoms with E-state index < -0.39 is 0 Å². The van der Waals surface area contributed by atoms with Gasteiger partial charge < -0.3 is 9.57 Å². The van der Waals surface area contributed by atoms with E-state index in [0.717, 1.165) is 10.0 Å². The van der Waals surface area contributed by atoms with Crippen molar-refractivity contribution in [3.8, 4) is 0 Å². The summed E-state index contributed by atoms with van der Waals surface area (Å²) in [5.74, 6) is 0.554. The van der Waals surface area contributed by atoms with Crippen LogP contribution in [0.3, 0.4) is 0 Å². The van der Waals surface area contributed by atoms with Gasteiger partial charge in [0.05, 0.1) is 0 Å². The van der Waals surface area contributed by atoms with Gasteiger partial charge in [-0.05, 0) is 29.4 Å². The van der Waals surface area contributed by atoms with Gasteiger partial charge in [0.1, 0.15) is 6.61 Å². The lowest BCUT2D eigenvalue weighted by Gasteiger charge is -2.13. The van der Waals surface area contributed by atoms with Crippen molar-refractivity contribution in [1.29, 1.82) is 0 Å². The summed E-state index contributed by atoms with van der Waals surface area (Å²) in [4.78, 5) is 4.92. The van der Waals surface area contributed by atoms with Gasteiger partial charge in [0.2, 0.25) is 0 Å². The average molecular weight is 242 g/mol. The zero-order valence-electron chi connectivity index (χ0n) is 6.87. The highest BCUT2D eigenvalue weighted by Gasteiger charge is 2.09. The first-order valence-electron chi connectivity index (χ1n) is 3.95. The molecule has 1 aromatic rings. The molecular weight excluding hydrogens is 234 g/mol. The topological polar surface area (TPSA) is 30.8 Å². The molecule has 0 aromatic heterocycles. The Hall–Kier alpha value is -1.03. The van der Waals surface area contributed by atoms with Crippen LogP contribution in [0, 0.1) is 0 Å². The number of rotatable bonds is 1. The molecule has 0 saturated carbocycles. The quantitative estimate of drug-likeness (QED) is 0.755. The summed E-state index contributed by atoms with van der Waals surface area (Å²) in [5.41, 5.74) is 0.933. The minimum absolute atomic E-state index is 0.528. The zero-order valence-corrected chi connectivity index (χ0v) is 8.45. The SMILES string of the molecule is Brc1ccc(C2=NOCCO2)cc1. The highest BCUT2D eigenvalue weighted by Crippen LogP contribution is 2.12. The number of benzene rings is 1. The van der Waals surface area contributed by atoms with E-state index in [1.54, 1.807) is 0 Å². The summed E-state index contributed by atoms with van der Waals surface area (Å²) in [6, 6.07) is 7.74. The van der Waals surface area contributed by atoms with Gasteiger partial charge in [-0.25, -0.2) is 0 Å². The summed E-state index contributed by atoms with van der Waals surface area (Å²) in [7, 11) is 0. The standard InChI is InChI=1S/C9H8BrNO2/c10-8-3-1-7(2-4-8)9-11-13-6-5-12-9/h1-4H,5-6H2. The van der Waals surface area contributed by atoms with Crippen molar-refractivity contribution in [1.82, 2.24) is 0 Å². The van der Waals surface area contributed by atoms with E-state index in [4.69, 9.17) is 9.57 Å². The number of nitrogens with zero attached hydrogens (tertiary/aromatic N) is 1. The molecule has 4 heteroatoms. The third-order valence-corrected chi connectivity index (χ3v) is 2.18. The number of ether oxygens (including phenoxy) is 1.